The van der Waals surface area contributed by atoms with Crippen LogP contribution in [0.1, 0.15) is 11.5 Å². The van der Waals surface area contributed by atoms with Crippen LogP contribution in [0.4, 0.5) is 11.6 Å². The van der Waals surface area contributed by atoms with E-state index >= 15 is 0 Å². The number of aryl methyl sites for hydroxylation is 1. The third-order valence-electron chi connectivity index (χ3n) is 1.93. The quantitative estimate of drug-likeness (QED) is 0.892. The Morgan fingerprint density at radius 2 is 2.31 bits per heavy atom. The zero-order valence-electron chi connectivity index (χ0n) is 8.57. The predicted octanol–water partition coefficient (Wildman–Crippen LogP) is 1.73. The fourth-order valence-electron chi connectivity index (χ4n) is 1.18. The van der Waals surface area contributed by atoms with Crippen LogP contribution in [0.25, 0.3) is 0 Å². The minimum Gasteiger partial charge on any atom is -0.383 e. The smallest absolute Gasteiger partial charge is 0.146 e. The Labute approximate surface area is 100 Å². The minimum absolute atomic E-state index is 0.397. The molecule has 2 aromatic heterocycles. The van der Waals surface area contributed by atoms with Gasteiger partial charge in [0.05, 0.1) is 6.54 Å². The van der Waals surface area contributed by atoms with Crippen LogP contribution >= 0.6 is 15.9 Å². The van der Waals surface area contributed by atoms with Crippen LogP contribution in [0, 0.1) is 6.92 Å². The Kier molecular flexibility index (Phi) is 3.04. The number of aromatic nitrogens is 3. The number of hydrogen-bond acceptors (Lipinski definition) is 6. The van der Waals surface area contributed by atoms with Gasteiger partial charge in [0.1, 0.15) is 33.9 Å². The van der Waals surface area contributed by atoms with Gasteiger partial charge >= 0.3 is 0 Å². The van der Waals surface area contributed by atoms with Gasteiger partial charge in [0.2, 0.25) is 0 Å². The molecule has 0 amide bonds. The van der Waals surface area contributed by atoms with Crippen molar-refractivity contribution in [3.8, 4) is 0 Å². The second kappa shape index (κ2) is 4.48. The normalized spacial score (nSPS) is 10.4. The van der Waals surface area contributed by atoms with Crippen LogP contribution in [0.15, 0.2) is 21.4 Å². The van der Waals surface area contributed by atoms with Crippen LogP contribution in [-0.4, -0.2) is 15.1 Å². The molecular weight excluding hydrogens is 274 g/mol. The third kappa shape index (κ3) is 2.30. The monoisotopic (exact) mass is 283 g/mol. The van der Waals surface area contributed by atoms with Crippen molar-refractivity contribution in [1.82, 2.24) is 15.1 Å². The van der Waals surface area contributed by atoms with Gasteiger partial charge in [0, 0.05) is 6.07 Å². The highest BCUT2D eigenvalue weighted by Gasteiger charge is 2.06. The molecule has 0 radical (unpaired) electrons. The number of nitrogen functional groups attached to an aromatic ring is 1. The van der Waals surface area contributed by atoms with Crippen molar-refractivity contribution in [2.75, 3.05) is 11.1 Å². The van der Waals surface area contributed by atoms with E-state index in [1.165, 1.54) is 6.33 Å². The molecule has 2 rings (SSSR count). The number of halogens is 1. The number of nitrogens with two attached hydrogens (primary N) is 1. The zero-order valence-corrected chi connectivity index (χ0v) is 10.2. The van der Waals surface area contributed by atoms with E-state index in [1.807, 2.05) is 13.0 Å². The summed E-state index contributed by atoms with van der Waals surface area (Å²) in [6.45, 7) is 2.36. The first-order valence-corrected chi connectivity index (χ1v) is 5.38. The maximum Gasteiger partial charge on any atom is 0.146 e. The molecular formula is C9H10BrN5O. The highest BCUT2D eigenvalue weighted by atomic mass is 79.9. The van der Waals surface area contributed by atoms with Gasteiger partial charge in [0.25, 0.3) is 0 Å². The fraction of sp³-hybridized carbons (Fsp3) is 0.222. The van der Waals surface area contributed by atoms with E-state index in [0.29, 0.717) is 22.7 Å². The van der Waals surface area contributed by atoms with E-state index < -0.39 is 0 Å². The minimum atomic E-state index is 0.397. The average molecular weight is 284 g/mol. The molecule has 3 N–H and O–H groups in total. The van der Waals surface area contributed by atoms with Crippen LogP contribution in [0.5, 0.6) is 0 Å². The van der Waals surface area contributed by atoms with Gasteiger partial charge in [0.15, 0.2) is 0 Å². The van der Waals surface area contributed by atoms with Gasteiger partial charge in [-0.2, -0.15) is 0 Å². The predicted molar refractivity (Wildman–Crippen MR) is 62.7 cm³/mol. The summed E-state index contributed by atoms with van der Waals surface area (Å²) in [5.41, 5.74) is 6.43. The molecule has 2 aromatic rings. The lowest BCUT2D eigenvalue weighted by atomic mass is 10.4. The van der Waals surface area contributed by atoms with E-state index in [0.717, 1.165) is 11.5 Å². The molecule has 0 fully saturated rings. The molecule has 0 aliphatic carbocycles. The summed E-state index contributed by atoms with van der Waals surface area (Å²) in [5, 5.41) is 6.94. The number of nitrogens with zero attached hydrogens (tertiary/aromatic N) is 3. The molecule has 0 saturated carbocycles. The molecule has 6 nitrogen and oxygen atoms in total. The van der Waals surface area contributed by atoms with Crippen molar-refractivity contribution in [2.45, 2.75) is 13.5 Å². The van der Waals surface area contributed by atoms with E-state index in [9.17, 15) is 0 Å². The summed E-state index contributed by atoms with van der Waals surface area (Å²) >= 11 is 3.30. The van der Waals surface area contributed by atoms with Gasteiger partial charge in [-0.25, -0.2) is 9.97 Å². The lowest BCUT2D eigenvalue weighted by Crippen LogP contribution is -2.04. The average Bonchev–Trinajstić information content (AvgIpc) is 2.67. The molecule has 16 heavy (non-hydrogen) atoms. The molecule has 2 heterocycles. The summed E-state index contributed by atoms with van der Waals surface area (Å²) in [6.07, 6.45) is 1.40. The second-order valence-electron chi connectivity index (χ2n) is 3.20. The van der Waals surface area contributed by atoms with Crippen molar-refractivity contribution < 1.29 is 4.52 Å². The van der Waals surface area contributed by atoms with Gasteiger partial charge in [-0.05, 0) is 22.9 Å². The molecule has 0 spiro atoms. The van der Waals surface area contributed by atoms with Crippen molar-refractivity contribution in [3.63, 3.8) is 0 Å². The van der Waals surface area contributed by atoms with Gasteiger partial charge < -0.3 is 15.6 Å². The first-order chi connectivity index (χ1) is 7.66. The van der Waals surface area contributed by atoms with Crippen LogP contribution in [0.3, 0.4) is 0 Å². The lowest BCUT2D eigenvalue weighted by Gasteiger charge is -2.05. The first kappa shape index (κ1) is 10.9. The Balaban J connectivity index is 2.07. The lowest BCUT2D eigenvalue weighted by molar-refractivity contribution is 0.391. The number of hydrogen-bond donors (Lipinski definition) is 2. The van der Waals surface area contributed by atoms with Gasteiger partial charge in [-0.15, -0.1) is 0 Å². The maximum atomic E-state index is 5.62. The zero-order chi connectivity index (χ0) is 11.5. The molecule has 0 saturated heterocycles. The van der Waals surface area contributed by atoms with Crippen LogP contribution < -0.4 is 11.1 Å². The first-order valence-electron chi connectivity index (χ1n) is 4.59. The number of anilines is 2. The standard InChI is InChI=1S/C9H10BrN5O/c1-5-2-6(15-16-5)3-12-9-7(10)8(11)13-4-14-9/h2,4H,3H2,1H3,(H3,11,12,13,14). The molecule has 0 atom stereocenters. The summed E-state index contributed by atoms with van der Waals surface area (Å²) in [5.74, 6) is 1.81. The van der Waals surface area contributed by atoms with Crippen molar-refractivity contribution in [1.29, 1.82) is 0 Å². The molecule has 0 aliphatic rings. The van der Waals surface area contributed by atoms with Crippen molar-refractivity contribution in [3.05, 3.63) is 28.3 Å². The topological polar surface area (TPSA) is 89.9 Å². The Morgan fingerprint density at radius 3 is 3.00 bits per heavy atom. The summed E-state index contributed by atoms with van der Waals surface area (Å²) < 4.78 is 5.60. The molecule has 0 bridgehead atoms. The third-order valence-corrected chi connectivity index (χ3v) is 2.71. The van der Waals surface area contributed by atoms with E-state index in [4.69, 9.17) is 10.3 Å². The Morgan fingerprint density at radius 1 is 1.50 bits per heavy atom. The maximum absolute atomic E-state index is 5.62. The highest BCUT2D eigenvalue weighted by Crippen LogP contribution is 2.24. The second-order valence-corrected chi connectivity index (χ2v) is 4.00. The summed E-state index contributed by atoms with van der Waals surface area (Å²) in [6, 6.07) is 1.85. The molecule has 7 heteroatoms. The fourth-order valence-corrected chi connectivity index (χ4v) is 1.53. The Bertz CT molecular complexity index is 498. The van der Waals surface area contributed by atoms with Gasteiger partial charge in [-0.1, -0.05) is 5.16 Å². The van der Waals surface area contributed by atoms with Crippen molar-refractivity contribution >= 4 is 27.6 Å². The van der Waals surface area contributed by atoms with Crippen molar-refractivity contribution in [2.24, 2.45) is 0 Å². The number of rotatable bonds is 3. The molecule has 0 aliphatic heterocycles. The Hall–Kier alpha value is -1.63. The summed E-state index contributed by atoms with van der Waals surface area (Å²) in [7, 11) is 0. The number of nitrogens with one attached hydrogen (secondary N) is 1. The molecule has 84 valence electrons. The van der Waals surface area contributed by atoms with E-state index in [2.05, 4.69) is 36.4 Å². The van der Waals surface area contributed by atoms with E-state index in [1.54, 1.807) is 0 Å². The van der Waals surface area contributed by atoms with Crippen LogP contribution in [-0.2, 0) is 6.54 Å². The SMILES string of the molecule is Cc1cc(CNc2ncnc(N)c2Br)no1. The molecule has 0 unspecified atom stereocenters. The van der Waals surface area contributed by atoms with Gasteiger partial charge in [-0.3, -0.25) is 0 Å². The highest BCUT2D eigenvalue weighted by molar-refractivity contribution is 9.10. The molecule has 0 aromatic carbocycles. The largest absolute Gasteiger partial charge is 0.383 e. The van der Waals surface area contributed by atoms with Crippen LogP contribution in [0.2, 0.25) is 0 Å². The van der Waals surface area contributed by atoms with E-state index in [-0.39, 0.29) is 0 Å². The summed E-state index contributed by atoms with van der Waals surface area (Å²) in [4.78, 5) is 7.90.